The molecule has 2 rings (SSSR count). The van der Waals surface area contributed by atoms with Crippen LogP contribution in [0.4, 0.5) is 4.39 Å². The van der Waals surface area contributed by atoms with Crippen LogP contribution in [0.1, 0.15) is 17.8 Å². The topological polar surface area (TPSA) is 64.4 Å². The zero-order valence-electron chi connectivity index (χ0n) is 9.69. The van der Waals surface area contributed by atoms with Crippen molar-refractivity contribution in [3.8, 4) is 0 Å². The lowest BCUT2D eigenvalue weighted by Gasteiger charge is -2.27. The third kappa shape index (κ3) is 2.62. The van der Waals surface area contributed by atoms with Crippen molar-refractivity contribution in [3.63, 3.8) is 0 Å². The highest BCUT2D eigenvalue weighted by Gasteiger charge is 2.22. The molecule has 1 saturated heterocycles. The molecule has 1 aromatic heterocycles. The number of carboxylic acid groups (broad SMARTS) is 1. The SMILES string of the molecule is Cc1nc(Br)n(CC2CCO2)c1/C=C(/F)C(=O)O. The number of nitrogens with zero attached hydrogens (tertiary/aromatic N) is 2. The van der Waals surface area contributed by atoms with Crippen molar-refractivity contribution in [3.05, 3.63) is 21.9 Å². The van der Waals surface area contributed by atoms with E-state index < -0.39 is 11.8 Å². The van der Waals surface area contributed by atoms with Gasteiger partial charge >= 0.3 is 5.97 Å². The van der Waals surface area contributed by atoms with E-state index in [9.17, 15) is 9.18 Å². The molecule has 0 spiro atoms. The van der Waals surface area contributed by atoms with E-state index in [1.807, 2.05) is 0 Å². The molecule has 0 radical (unpaired) electrons. The first-order valence-electron chi connectivity index (χ1n) is 5.43. The number of aliphatic carboxylic acids is 1. The Morgan fingerprint density at radius 2 is 2.44 bits per heavy atom. The summed E-state index contributed by atoms with van der Waals surface area (Å²) in [6.45, 7) is 2.95. The van der Waals surface area contributed by atoms with Crippen LogP contribution in [-0.2, 0) is 16.1 Å². The van der Waals surface area contributed by atoms with Gasteiger partial charge in [0, 0.05) is 12.7 Å². The molecule has 0 aromatic carbocycles. The van der Waals surface area contributed by atoms with Crippen molar-refractivity contribution in [1.29, 1.82) is 0 Å². The molecule has 1 fully saturated rings. The monoisotopic (exact) mass is 318 g/mol. The number of ether oxygens (including phenoxy) is 1. The van der Waals surface area contributed by atoms with Crippen LogP contribution < -0.4 is 0 Å². The van der Waals surface area contributed by atoms with Crippen molar-refractivity contribution >= 4 is 28.0 Å². The fourth-order valence-corrected chi connectivity index (χ4v) is 2.32. The maximum absolute atomic E-state index is 13.2. The smallest absolute Gasteiger partial charge is 0.364 e. The predicted octanol–water partition coefficient (Wildman–Crippen LogP) is 2.14. The molecular formula is C11H12BrFN2O3. The highest BCUT2D eigenvalue weighted by molar-refractivity contribution is 9.10. The summed E-state index contributed by atoms with van der Waals surface area (Å²) in [6.07, 6.45) is 2.00. The van der Waals surface area contributed by atoms with E-state index in [1.165, 1.54) is 0 Å². The molecule has 5 nitrogen and oxygen atoms in total. The van der Waals surface area contributed by atoms with Gasteiger partial charge < -0.3 is 14.4 Å². The minimum atomic E-state index is -1.59. The summed E-state index contributed by atoms with van der Waals surface area (Å²) in [4.78, 5) is 14.7. The van der Waals surface area contributed by atoms with Gasteiger partial charge in [-0.1, -0.05) is 0 Å². The third-order valence-corrected chi connectivity index (χ3v) is 3.40. The van der Waals surface area contributed by atoms with Crippen molar-refractivity contribution < 1.29 is 19.0 Å². The Morgan fingerprint density at radius 1 is 1.78 bits per heavy atom. The van der Waals surface area contributed by atoms with Crippen molar-refractivity contribution in [2.24, 2.45) is 0 Å². The zero-order chi connectivity index (χ0) is 13.3. The van der Waals surface area contributed by atoms with Gasteiger partial charge in [-0.25, -0.2) is 9.78 Å². The minimum Gasteiger partial charge on any atom is -0.476 e. The molecule has 18 heavy (non-hydrogen) atoms. The molecule has 1 aromatic rings. The van der Waals surface area contributed by atoms with E-state index in [1.54, 1.807) is 11.5 Å². The van der Waals surface area contributed by atoms with Gasteiger partial charge in [-0.3, -0.25) is 0 Å². The number of carbonyl (C=O) groups is 1. The summed E-state index contributed by atoms with van der Waals surface area (Å²) in [5, 5.41) is 8.56. The van der Waals surface area contributed by atoms with Gasteiger partial charge in [-0.05, 0) is 29.3 Å². The second-order valence-corrected chi connectivity index (χ2v) is 4.75. The maximum atomic E-state index is 13.2. The van der Waals surface area contributed by atoms with Gasteiger partial charge in [0.25, 0.3) is 0 Å². The van der Waals surface area contributed by atoms with Crippen LogP contribution in [0.3, 0.4) is 0 Å². The molecule has 0 aliphatic carbocycles. The van der Waals surface area contributed by atoms with E-state index in [-0.39, 0.29) is 6.10 Å². The molecule has 1 unspecified atom stereocenters. The number of hydrogen-bond donors (Lipinski definition) is 1. The standard InChI is InChI=1S/C11H12BrFN2O3/c1-6-9(4-8(13)10(16)17)15(11(12)14-6)5-7-2-3-18-7/h4,7H,2-3,5H2,1H3,(H,16,17)/b8-4+. The van der Waals surface area contributed by atoms with Gasteiger partial charge in [0.05, 0.1) is 24.0 Å². The molecular weight excluding hydrogens is 307 g/mol. The Bertz CT molecular complexity index is 509. The number of imidazole rings is 1. The summed E-state index contributed by atoms with van der Waals surface area (Å²) >= 11 is 3.27. The molecule has 0 saturated carbocycles. The number of carboxylic acids is 1. The minimum absolute atomic E-state index is 0.0786. The molecule has 1 atom stereocenters. The second kappa shape index (κ2) is 5.19. The largest absolute Gasteiger partial charge is 0.476 e. The lowest BCUT2D eigenvalue weighted by atomic mass is 10.2. The van der Waals surface area contributed by atoms with E-state index in [0.29, 0.717) is 22.7 Å². The lowest BCUT2D eigenvalue weighted by molar-refractivity contribution is -0.134. The first-order valence-corrected chi connectivity index (χ1v) is 6.23. The van der Waals surface area contributed by atoms with Crippen LogP contribution in [0, 0.1) is 6.92 Å². The third-order valence-electron chi connectivity index (χ3n) is 2.79. The highest BCUT2D eigenvalue weighted by atomic mass is 79.9. The van der Waals surface area contributed by atoms with Crippen molar-refractivity contribution in [1.82, 2.24) is 9.55 Å². The van der Waals surface area contributed by atoms with Gasteiger partial charge in [0.2, 0.25) is 5.83 Å². The van der Waals surface area contributed by atoms with Crippen LogP contribution in [0.25, 0.3) is 6.08 Å². The number of aryl methyl sites for hydroxylation is 1. The van der Waals surface area contributed by atoms with Crippen LogP contribution in [0.15, 0.2) is 10.6 Å². The average Bonchev–Trinajstić information content (AvgIpc) is 2.48. The summed E-state index contributed by atoms with van der Waals surface area (Å²) in [5.41, 5.74) is 1.01. The number of halogens is 2. The van der Waals surface area contributed by atoms with Crippen LogP contribution in [-0.4, -0.2) is 33.3 Å². The van der Waals surface area contributed by atoms with Crippen molar-refractivity contribution in [2.45, 2.75) is 26.0 Å². The van der Waals surface area contributed by atoms with E-state index in [4.69, 9.17) is 9.84 Å². The van der Waals surface area contributed by atoms with Crippen LogP contribution in [0.5, 0.6) is 0 Å². The van der Waals surface area contributed by atoms with Crippen molar-refractivity contribution in [2.75, 3.05) is 6.61 Å². The first-order chi connectivity index (χ1) is 8.49. The van der Waals surface area contributed by atoms with Crippen LogP contribution >= 0.6 is 15.9 Å². The van der Waals surface area contributed by atoms with E-state index >= 15 is 0 Å². The summed E-state index contributed by atoms with van der Waals surface area (Å²) in [6, 6.07) is 0. The molecule has 1 aliphatic heterocycles. The molecule has 1 N–H and O–H groups in total. The fourth-order valence-electron chi connectivity index (χ4n) is 1.72. The average molecular weight is 319 g/mol. The second-order valence-electron chi connectivity index (χ2n) is 4.04. The number of aromatic nitrogens is 2. The van der Waals surface area contributed by atoms with Gasteiger partial charge in [0.1, 0.15) is 0 Å². The van der Waals surface area contributed by atoms with E-state index in [2.05, 4.69) is 20.9 Å². The Labute approximate surface area is 111 Å². The molecule has 98 valence electrons. The fraction of sp³-hybridized carbons (Fsp3) is 0.455. The van der Waals surface area contributed by atoms with E-state index in [0.717, 1.165) is 19.1 Å². The Morgan fingerprint density at radius 3 is 2.94 bits per heavy atom. The quantitative estimate of drug-likeness (QED) is 0.864. The zero-order valence-corrected chi connectivity index (χ0v) is 11.3. The van der Waals surface area contributed by atoms with Crippen LogP contribution in [0.2, 0.25) is 0 Å². The number of rotatable bonds is 4. The number of hydrogen-bond acceptors (Lipinski definition) is 3. The highest BCUT2D eigenvalue weighted by Crippen LogP contribution is 2.23. The van der Waals surface area contributed by atoms with Gasteiger partial charge in [-0.15, -0.1) is 0 Å². The Hall–Kier alpha value is -1.21. The normalized spacial score (nSPS) is 19.7. The molecule has 0 bridgehead atoms. The molecule has 7 heteroatoms. The summed E-state index contributed by atoms with van der Waals surface area (Å²) in [7, 11) is 0. The lowest BCUT2D eigenvalue weighted by Crippen LogP contribution is -2.31. The summed E-state index contributed by atoms with van der Waals surface area (Å²) < 4.78 is 20.7. The Kier molecular flexibility index (Phi) is 3.82. The molecule has 0 amide bonds. The van der Waals surface area contributed by atoms with Gasteiger partial charge in [0.15, 0.2) is 4.73 Å². The molecule has 2 heterocycles. The maximum Gasteiger partial charge on any atom is 0.364 e. The predicted molar refractivity (Wildman–Crippen MR) is 65.7 cm³/mol. The Balaban J connectivity index is 2.32. The summed E-state index contributed by atoms with van der Waals surface area (Å²) in [5.74, 6) is -2.79. The van der Waals surface area contributed by atoms with Gasteiger partial charge in [-0.2, -0.15) is 4.39 Å². The first kappa shape index (κ1) is 13.2. The molecule has 1 aliphatic rings.